The highest BCUT2D eigenvalue weighted by Crippen LogP contribution is 2.44. The standard InChI is InChI=1S/C25H20BrNO4/c26-16-10-9-15-11-12-27(23(24(28)29)21(15)13-16)25(30)31-14-22-19-7-3-1-5-17(19)18-6-2-4-8-20(18)22/h1-10,13,22-23H,11-12,14H2,(H,28,29)/t23-/m0/s1. The van der Waals surface area contributed by atoms with Crippen molar-refractivity contribution in [2.45, 2.75) is 18.4 Å². The lowest BCUT2D eigenvalue weighted by molar-refractivity contribution is -0.143. The van der Waals surface area contributed by atoms with Gasteiger partial charge in [0, 0.05) is 16.9 Å². The molecule has 5 nitrogen and oxygen atoms in total. The molecule has 1 N–H and O–H groups in total. The SMILES string of the molecule is O=C(O)[C@@H]1c2cc(Br)ccc2CCN1C(=O)OCC1c2ccccc2-c2ccccc21. The first kappa shape index (κ1) is 19.8. The van der Waals surface area contributed by atoms with Crippen molar-refractivity contribution in [3.63, 3.8) is 0 Å². The molecule has 156 valence electrons. The molecular weight excluding hydrogens is 458 g/mol. The molecule has 0 saturated carbocycles. The third kappa shape index (κ3) is 3.41. The molecule has 0 bridgehead atoms. The Labute approximate surface area is 188 Å². The van der Waals surface area contributed by atoms with E-state index in [0.717, 1.165) is 32.3 Å². The van der Waals surface area contributed by atoms with Gasteiger partial charge in [-0.2, -0.15) is 0 Å². The molecule has 3 aromatic carbocycles. The molecule has 6 heteroatoms. The molecule has 1 aliphatic heterocycles. The van der Waals surface area contributed by atoms with E-state index in [9.17, 15) is 14.7 Å². The highest BCUT2D eigenvalue weighted by molar-refractivity contribution is 9.10. The highest BCUT2D eigenvalue weighted by atomic mass is 79.9. The summed E-state index contributed by atoms with van der Waals surface area (Å²) in [7, 11) is 0. The molecule has 0 unspecified atom stereocenters. The summed E-state index contributed by atoms with van der Waals surface area (Å²) in [6.45, 7) is 0.476. The van der Waals surface area contributed by atoms with Crippen molar-refractivity contribution in [3.8, 4) is 11.1 Å². The third-order valence-corrected chi connectivity index (χ3v) is 6.63. The number of carboxylic acid groups (broad SMARTS) is 1. The van der Waals surface area contributed by atoms with Crippen LogP contribution in [0.3, 0.4) is 0 Å². The summed E-state index contributed by atoms with van der Waals surface area (Å²) in [5.41, 5.74) is 6.12. The van der Waals surface area contributed by atoms with E-state index in [2.05, 4.69) is 40.2 Å². The Morgan fingerprint density at radius 1 is 0.968 bits per heavy atom. The summed E-state index contributed by atoms with van der Waals surface area (Å²) < 4.78 is 6.50. The van der Waals surface area contributed by atoms with E-state index < -0.39 is 18.1 Å². The zero-order valence-electron chi connectivity index (χ0n) is 16.6. The first-order chi connectivity index (χ1) is 15.0. The van der Waals surface area contributed by atoms with Crippen LogP contribution in [0.2, 0.25) is 0 Å². The molecule has 2 aliphatic rings. The minimum absolute atomic E-state index is 0.0640. The van der Waals surface area contributed by atoms with Crippen LogP contribution < -0.4 is 0 Å². The van der Waals surface area contributed by atoms with Gasteiger partial charge >= 0.3 is 12.1 Å². The summed E-state index contributed by atoms with van der Waals surface area (Å²) in [5, 5.41) is 9.87. The minimum Gasteiger partial charge on any atom is -0.479 e. The van der Waals surface area contributed by atoms with Crippen molar-refractivity contribution in [3.05, 3.63) is 93.5 Å². The average Bonchev–Trinajstić information content (AvgIpc) is 3.10. The Kier molecular flexibility index (Phi) is 5.02. The number of hydrogen-bond donors (Lipinski definition) is 1. The van der Waals surface area contributed by atoms with Crippen molar-refractivity contribution in [1.82, 2.24) is 4.90 Å². The Hall–Kier alpha value is -3.12. The van der Waals surface area contributed by atoms with E-state index in [1.807, 2.05) is 36.4 Å². The summed E-state index contributed by atoms with van der Waals surface area (Å²) in [5.74, 6) is -1.13. The van der Waals surface area contributed by atoms with Crippen LogP contribution in [0.5, 0.6) is 0 Å². The van der Waals surface area contributed by atoms with Crippen LogP contribution in [0, 0.1) is 0 Å². The molecule has 1 aliphatic carbocycles. The molecule has 1 heterocycles. The number of hydrogen-bond acceptors (Lipinski definition) is 3. The van der Waals surface area contributed by atoms with Gasteiger partial charge in [0.25, 0.3) is 0 Å². The second-order valence-corrected chi connectivity index (χ2v) is 8.75. The molecule has 0 radical (unpaired) electrons. The van der Waals surface area contributed by atoms with Gasteiger partial charge in [0.1, 0.15) is 6.61 Å². The Bertz CT molecular complexity index is 1150. The summed E-state index contributed by atoms with van der Waals surface area (Å²) in [4.78, 5) is 26.4. The first-order valence-corrected chi connectivity index (χ1v) is 11.0. The monoisotopic (exact) mass is 477 g/mol. The quantitative estimate of drug-likeness (QED) is 0.549. The topological polar surface area (TPSA) is 66.8 Å². The number of fused-ring (bicyclic) bond motifs is 4. The van der Waals surface area contributed by atoms with Gasteiger partial charge in [-0.15, -0.1) is 0 Å². The van der Waals surface area contributed by atoms with Crippen LogP contribution in [0.25, 0.3) is 11.1 Å². The molecular formula is C25H20BrNO4. The van der Waals surface area contributed by atoms with Crippen molar-refractivity contribution in [2.75, 3.05) is 13.2 Å². The zero-order valence-corrected chi connectivity index (χ0v) is 18.2. The number of halogens is 1. The number of carbonyl (C=O) groups excluding carboxylic acids is 1. The van der Waals surface area contributed by atoms with Crippen molar-refractivity contribution < 1.29 is 19.4 Å². The fourth-order valence-electron chi connectivity index (χ4n) is 4.73. The molecule has 0 spiro atoms. The van der Waals surface area contributed by atoms with E-state index in [1.54, 1.807) is 6.07 Å². The van der Waals surface area contributed by atoms with Gasteiger partial charge in [0.05, 0.1) is 0 Å². The molecule has 1 atom stereocenters. The van der Waals surface area contributed by atoms with Crippen LogP contribution in [-0.2, 0) is 16.0 Å². The lowest BCUT2D eigenvalue weighted by Gasteiger charge is -2.34. The number of benzene rings is 3. The van der Waals surface area contributed by atoms with Gasteiger partial charge in [-0.3, -0.25) is 4.90 Å². The van der Waals surface area contributed by atoms with Crippen LogP contribution in [-0.4, -0.2) is 35.2 Å². The number of amides is 1. The van der Waals surface area contributed by atoms with Crippen LogP contribution in [0.1, 0.15) is 34.2 Å². The second-order valence-electron chi connectivity index (χ2n) is 7.83. The Morgan fingerprint density at radius 3 is 2.26 bits per heavy atom. The Morgan fingerprint density at radius 2 is 1.61 bits per heavy atom. The van der Waals surface area contributed by atoms with Crippen molar-refractivity contribution in [1.29, 1.82) is 0 Å². The smallest absolute Gasteiger partial charge is 0.410 e. The van der Waals surface area contributed by atoms with Crippen molar-refractivity contribution in [2.24, 2.45) is 0 Å². The fourth-order valence-corrected chi connectivity index (χ4v) is 5.10. The third-order valence-electron chi connectivity index (χ3n) is 6.14. The number of nitrogens with zero attached hydrogens (tertiary/aromatic N) is 1. The lowest BCUT2D eigenvalue weighted by atomic mass is 9.93. The molecule has 3 aromatic rings. The van der Waals surface area contributed by atoms with Gasteiger partial charge < -0.3 is 9.84 Å². The van der Waals surface area contributed by atoms with E-state index in [-0.39, 0.29) is 12.5 Å². The maximum Gasteiger partial charge on any atom is 0.410 e. The number of rotatable bonds is 3. The second kappa shape index (κ2) is 7.85. The normalized spacial score (nSPS) is 16.9. The molecule has 0 fully saturated rings. The van der Waals surface area contributed by atoms with Gasteiger partial charge in [0.15, 0.2) is 6.04 Å². The lowest BCUT2D eigenvalue weighted by Crippen LogP contribution is -2.44. The molecule has 5 rings (SSSR count). The zero-order chi connectivity index (χ0) is 21.5. The number of ether oxygens (including phenoxy) is 1. The molecule has 0 saturated heterocycles. The van der Waals surface area contributed by atoms with Gasteiger partial charge in [0.2, 0.25) is 0 Å². The summed E-state index contributed by atoms with van der Waals surface area (Å²) >= 11 is 3.40. The van der Waals surface area contributed by atoms with Crippen LogP contribution in [0.4, 0.5) is 4.79 Å². The van der Waals surface area contributed by atoms with E-state index >= 15 is 0 Å². The van der Waals surface area contributed by atoms with Gasteiger partial charge in [-0.05, 0) is 51.9 Å². The van der Waals surface area contributed by atoms with Gasteiger partial charge in [-0.1, -0.05) is 70.5 Å². The average molecular weight is 478 g/mol. The predicted octanol–water partition coefficient (Wildman–Crippen LogP) is 5.38. The number of carbonyl (C=O) groups is 2. The maximum atomic E-state index is 13.0. The predicted molar refractivity (Wildman–Crippen MR) is 120 cm³/mol. The highest BCUT2D eigenvalue weighted by Gasteiger charge is 2.38. The largest absolute Gasteiger partial charge is 0.479 e. The van der Waals surface area contributed by atoms with E-state index in [0.29, 0.717) is 18.5 Å². The Balaban J connectivity index is 1.39. The fraction of sp³-hybridized carbons (Fsp3) is 0.200. The summed E-state index contributed by atoms with van der Waals surface area (Å²) in [6.07, 6.45) is -0.00349. The first-order valence-electron chi connectivity index (χ1n) is 10.2. The molecule has 0 aromatic heterocycles. The number of carboxylic acids is 1. The maximum absolute atomic E-state index is 13.0. The van der Waals surface area contributed by atoms with Crippen LogP contribution in [0.15, 0.2) is 71.2 Å². The minimum atomic E-state index is -1.06. The molecule has 31 heavy (non-hydrogen) atoms. The van der Waals surface area contributed by atoms with E-state index in [4.69, 9.17) is 4.74 Å². The van der Waals surface area contributed by atoms with Crippen molar-refractivity contribution >= 4 is 28.0 Å². The van der Waals surface area contributed by atoms with Gasteiger partial charge in [-0.25, -0.2) is 9.59 Å². The number of aliphatic carboxylic acids is 1. The van der Waals surface area contributed by atoms with E-state index in [1.165, 1.54) is 4.90 Å². The summed E-state index contributed by atoms with van der Waals surface area (Å²) in [6, 6.07) is 20.8. The van der Waals surface area contributed by atoms with Crippen LogP contribution >= 0.6 is 15.9 Å². The molecule has 1 amide bonds.